The van der Waals surface area contributed by atoms with Crippen molar-refractivity contribution in [1.29, 1.82) is 0 Å². The van der Waals surface area contributed by atoms with Gasteiger partial charge < -0.3 is 4.90 Å². The summed E-state index contributed by atoms with van der Waals surface area (Å²) in [5, 5.41) is 0. The van der Waals surface area contributed by atoms with E-state index in [1.165, 1.54) is 0 Å². The number of ketones is 1. The minimum Gasteiger partial charge on any atom is -0.340 e. The Labute approximate surface area is 107 Å². The summed E-state index contributed by atoms with van der Waals surface area (Å²) in [5.41, 5.74) is 3.00. The molecule has 3 rings (SSSR count). The van der Waals surface area contributed by atoms with E-state index in [2.05, 4.69) is 17.0 Å². The molecule has 1 aliphatic heterocycles. The van der Waals surface area contributed by atoms with Gasteiger partial charge in [-0.05, 0) is 24.3 Å². The number of para-hydroxylation sites is 2. The average molecular weight is 237 g/mol. The molecular weight excluding hydrogens is 222 g/mol. The van der Waals surface area contributed by atoms with Crippen LogP contribution in [-0.2, 0) is 0 Å². The van der Waals surface area contributed by atoms with Gasteiger partial charge in [0, 0.05) is 23.7 Å². The zero-order chi connectivity index (χ0) is 12.5. The molecule has 18 heavy (non-hydrogen) atoms. The number of fused-ring (bicyclic) bond motifs is 1. The van der Waals surface area contributed by atoms with Crippen LogP contribution in [0.1, 0.15) is 17.3 Å². The van der Waals surface area contributed by atoms with E-state index < -0.39 is 0 Å². The molecule has 0 aliphatic carbocycles. The Bertz CT molecular complexity index is 577. The van der Waals surface area contributed by atoms with Crippen LogP contribution in [-0.4, -0.2) is 12.3 Å². The van der Waals surface area contributed by atoms with E-state index in [1.54, 1.807) is 0 Å². The van der Waals surface area contributed by atoms with Gasteiger partial charge in [-0.1, -0.05) is 37.3 Å². The van der Waals surface area contributed by atoms with Gasteiger partial charge in [-0.3, -0.25) is 4.79 Å². The molecule has 2 aromatic carbocycles. The average Bonchev–Trinajstić information content (AvgIpc) is 2.44. The maximum atomic E-state index is 12.2. The van der Waals surface area contributed by atoms with Crippen LogP contribution in [0.25, 0.3) is 0 Å². The fourth-order valence-electron chi connectivity index (χ4n) is 2.49. The van der Waals surface area contributed by atoms with Gasteiger partial charge in [0.15, 0.2) is 5.78 Å². The number of nitrogens with zero attached hydrogens (tertiary/aromatic N) is 1. The Morgan fingerprint density at radius 2 is 1.67 bits per heavy atom. The maximum Gasteiger partial charge on any atom is 0.169 e. The number of Topliss-reactive ketones (excluding diaryl/α,β-unsaturated/α-hetero) is 1. The SMILES string of the molecule is C[C@@H]1CN(c2ccccc2)c2ccccc2C1=O. The Morgan fingerprint density at radius 3 is 2.44 bits per heavy atom. The van der Waals surface area contributed by atoms with Crippen molar-refractivity contribution in [2.75, 3.05) is 11.4 Å². The molecule has 0 saturated carbocycles. The first-order valence-corrected chi connectivity index (χ1v) is 6.23. The van der Waals surface area contributed by atoms with E-state index in [1.807, 2.05) is 49.4 Å². The van der Waals surface area contributed by atoms with Gasteiger partial charge in [-0.25, -0.2) is 0 Å². The van der Waals surface area contributed by atoms with Crippen molar-refractivity contribution in [2.45, 2.75) is 6.92 Å². The normalized spacial score (nSPS) is 18.6. The van der Waals surface area contributed by atoms with Crippen molar-refractivity contribution in [2.24, 2.45) is 5.92 Å². The topological polar surface area (TPSA) is 20.3 Å². The molecule has 0 amide bonds. The first-order chi connectivity index (χ1) is 8.77. The van der Waals surface area contributed by atoms with Crippen LogP contribution < -0.4 is 4.90 Å². The molecule has 1 aliphatic rings. The van der Waals surface area contributed by atoms with Crippen molar-refractivity contribution in [3.8, 4) is 0 Å². The first-order valence-electron chi connectivity index (χ1n) is 6.23. The van der Waals surface area contributed by atoms with Gasteiger partial charge >= 0.3 is 0 Å². The Morgan fingerprint density at radius 1 is 1.00 bits per heavy atom. The van der Waals surface area contributed by atoms with Crippen LogP contribution in [0.4, 0.5) is 11.4 Å². The molecule has 2 nitrogen and oxygen atoms in total. The standard InChI is InChI=1S/C16H15NO/c1-12-11-17(13-7-3-2-4-8-13)15-10-6-5-9-14(15)16(12)18/h2-10,12H,11H2,1H3/t12-/m1/s1. The summed E-state index contributed by atoms with van der Waals surface area (Å²) >= 11 is 0. The second kappa shape index (κ2) is 4.30. The van der Waals surface area contributed by atoms with Gasteiger partial charge in [-0.15, -0.1) is 0 Å². The first kappa shape index (κ1) is 11.0. The highest BCUT2D eigenvalue weighted by atomic mass is 16.1. The van der Waals surface area contributed by atoms with E-state index in [9.17, 15) is 4.79 Å². The molecule has 2 aromatic rings. The highest BCUT2D eigenvalue weighted by molar-refractivity contribution is 6.05. The molecule has 0 bridgehead atoms. The number of hydrogen-bond donors (Lipinski definition) is 0. The maximum absolute atomic E-state index is 12.2. The van der Waals surface area contributed by atoms with Crippen molar-refractivity contribution in [3.05, 3.63) is 60.2 Å². The quantitative estimate of drug-likeness (QED) is 0.754. The third kappa shape index (κ3) is 1.70. The molecule has 0 aromatic heterocycles. The van der Waals surface area contributed by atoms with Crippen LogP contribution in [0.15, 0.2) is 54.6 Å². The molecule has 90 valence electrons. The zero-order valence-corrected chi connectivity index (χ0v) is 10.3. The molecule has 0 radical (unpaired) electrons. The van der Waals surface area contributed by atoms with Gasteiger partial charge in [0.1, 0.15) is 0 Å². The summed E-state index contributed by atoms with van der Waals surface area (Å²) in [5.74, 6) is 0.290. The van der Waals surface area contributed by atoms with Crippen molar-refractivity contribution in [1.82, 2.24) is 0 Å². The van der Waals surface area contributed by atoms with Crippen LogP contribution >= 0.6 is 0 Å². The van der Waals surface area contributed by atoms with E-state index in [-0.39, 0.29) is 11.7 Å². The molecule has 2 heteroatoms. The minimum absolute atomic E-state index is 0.0418. The lowest BCUT2D eigenvalue weighted by Crippen LogP contribution is -2.34. The predicted molar refractivity (Wildman–Crippen MR) is 73.4 cm³/mol. The van der Waals surface area contributed by atoms with Crippen LogP contribution in [0.5, 0.6) is 0 Å². The van der Waals surface area contributed by atoms with Crippen molar-refractivity contribution in [3.63, 3.8) is 0 Å². The summed E-state index contributed by atoms with van der Waals surface area (Å²) in [7, 11) is 0. The summed E-state index contributed by atoms with van der Waals surface area (Å²) in [6, 6.07) is 18.1. The van der Waals surface area contributed by atoms with Gasteiger partial charge in [0.25, 0.3) is 0 Å². The fraction of sp³-hybridized carbons (Fsp3) is 0.188. The highest BCUT2D eigenvalue weighted by Gasteiger charge is 2.29. The zero-order valence-electron chi connectivity index (χ0n) is 10.3. The van der Waals surface area contributed by atoms with Gasteiger partial charge in [0.2, 0.25) is 0 Å². The van der Waals surface area contributed by atoms with Crippen LogP contribution in [0.2, 0.25) is 0 Å². The molecule has 0 spiro atoms. The molecule has 0 saturated heterocycles. The number of carbonyl (C=O) groups is 1. The predicted octanol–water partition coefficient (Wildman–Crippen LogP) is 3.66. The van der Waals surface area contributed by atoms with Gasteiger partial charge in [0.05, 0.1) is 5.69 Å². The molecule has 0 N–H and O–H groups in total. The largest absolute Gasteiger partial charge is 0.340 e. The monoisotopic (exact) mass is 237 g/mol. The Balaban J connectivity index is 2.13. The van der Waals surface area contributed by atoms with E-state index in [4.69, 9.17) is 0 Å². The lowest BCUT2D eigenvalue weighted by atomic mass is 9.92. The molecule has 0 unspecified atom stereocenters. The summed E-state index contributed by atoms with van der Waals surface area (Å²) in [6.45, 7) is 2.74. The second-order valence-corrected chi connectivity index (χ2v) is 4.73. The van der Waals surface area contributed by atoms with E-state index in [0.717, 1.165) is 23.5 Å². The third-order valence-corrected chi connectivity index (χ3v) is 3.43. The summed E-state index contributed by atoms with van der Waals surface area (Å²) in [6.07, 6.45) is 0. The van der Waals surface area contributed by atoms with Gasteiger partial charge in [-0.2, -0.15) is 0 Å². The fourth-order valence-corrected chi connectivity index (χ4v) is 2.49. The molecule has 1 atom stereocenters. The number of benzene rings is 2. The van der Waals surface area contributed by atoms with Crippen LogP contribution in [0.3, 0.4) is 0 Å². The smallest absolute Gasteiger partial charge is 0.169 e. The van der Waals surface area contributed by atoms with E-state index in [0.29, 0.717) is 0 Å². The molecular formula is C16H15NO. The number of rotatable bonds is 1. The minimum atomic E-state index is 0.0418. The van der Waals surface area contributed by atoms with Crippen molar-refractivity contribution >= 4 is 17.2 Å². The lowest BCUT2D eigenvalue weighted by molar-refractivity contribution is 0.0928. The number of carbonyl (C=O) groups excluding carboxylic acids is 1. The molecule has 1 heterocycles. The summed E-state index contributed by atoms with van der Waals surface area (Å²) in [4.78, 5) is 14.4. The molecule has 0 fully saturated rings. The Kier molecular flexibility index (Phi) is 2.63. The Hall–Kier alpha value is -2.09. The second-order valence-electron chi connectivity index (χ2n) is 4.73. The van der Waals surface area contributed by atoms with Crippen molar-refractivity contribution < 1.29 is 4.79 Å². The van der Waals surface area contributed by atoms with Crippen LogP contribution in [0, 0.1) is 5.92 Å². The summed E-state index contributed by atoms with van der Waals surface area (Å²) < 4.78 is 0. The lowest BCUT2D eigenvalue weighted by Gasteiger charge is -2.33. The number of anilines is 2. The van der Waals surface area contributed by atoms with E-state index >= 15 is 0 Å². The number of hydrogen-bond acceptors (Lipinski definition) is 2. The highest BCUT2D eigenvalue weighted by Crippen LogP contribution is 2.34. The third-order valence-electron chi connectivity index (χ3n) is 3.43.